The highest BCUT2D eigenvalue weighted by Crippen LogP contribution is 2.29. The van der Waals surface area contributed by atoms with Crippen molar-refractivity contribution in [3.8, 4) is 5.69 Å². The van der Waals surface area contributed by atoms with Crippen LogP contribution in [-0.4, -0.2) is 56.7 Å². The second-order valence-corrected chi connectivity index (χ2v) is 12.3. The minimum atomic E-state index is -0.0320. The summed E-state index contributed by atoms with van der Waals surface area (Å²) >= 11 is 15.5. The van der Waals surface area contributed by atoms with E-state index in [1.807, 2.05) is 81.6 Å². The molecule has 5 aromatic rings. The van der Waals surface area contributed by atoms with Gasteiger partial charge < -0.3 is 9.80 Å². The molecule has 1 aliphatic rings. The second-order valence-electron chi connectivity index (χ2n) is 9.55. The van der Waals surface area contributed by atoms with Crippen molar-refractivity contribution >= 4 is 57.9 Å². The highest BCUT2D eigenvalue weighted by atomic mass is 35.5. The molecule has 6 rings (SSSR count). The number of benzene rings is 3. The summed E-state index contributed by atoms with van der Waals surface area (Å²) in [7, 11) is 0. The number of rotatable bonds is 8. The number of nitrogens with zero attached hydrogens (tertiary/aromatic N) is 6. The summed E-state index contributed by atoms with van der Waals surface area (Å²) in [5.41, 5.74) is 3.62. The van der Waals surface area contributed by atoms with E-state index in [1.54, 1.807) is 11.8 Å². The summed E-state index contributed by atoms with van der Waals surface area (Å²) in [4.78, 5) is 22.0. The predicted octanol–water partition coefficient (Wildman–Crippen LogP) is 6.88. The lowest BCUT2D eigenvalue weighted by atomic mass is 10.1. The van der Waals surface area contributed by atoms with Gasteiger partial charge in [0.05, 0.1) is 11.4 Å². The molecule has 0 saturated carbocycles. The molecule has 0 aliphatic carbocycles. The lowest BCUT2D eigenvalue weighted by molar-refractivity contribution is 0.0741. The van der Waals surface area contributed by atoms with Crippen LogP contribution < -0.4 is 4.90 Å². The number of halogens is 2. The Labute approximate surface area is 256 Å². The topological polar surface area (TPSA) is 67.2 Å². The van der Waals surface area contributed by atoms with Gasteiger partial charge in [-0.2, -0.15) is 0 Å². The third-order valence-corrected chi connectivity index (χ3v) is 9.25. The van der Waals surface area contributed by atoms with E-state index >= 15 is 0 Å². The SMILES string of the molecule is O=C(c1csc(CSc2nnc(Cc3ccccc3)n2-c2cccc(Cl)c2)n1)N1CCN(c2cccc(Cl)c2)CC1. The van der Waals surface area contributed by atoms with Crippen molar-refractivity contribution in [3.05, 3.63) is 116 Å². The number of thiazole rings is 1. The van der Waals surface area contributed by atoms with Gasteiger partial charge >= 0.3 is 0 Å². The lowest BCUT2D eigenvalue weighted by Crippen LogP contribution is -2.48. The Kier molecular flexibility index (Phi) is 8.57. The molecule has 1 amide bonds. The number of piperazine rings is 1. The van der Waals surface area contributed by atoms with E-state index in [2.05, 4.69) is 32.2 Å². The van der Waals surface area contributed by atoms with Gasteiger partial charge in [0.15, 0.2) is 5.16 Å². The molecule has 3 aromatic carbocycles. The van der Waals surface area contributed by atoms with E-state index in [4.69, 9.17) is 23.2 Å². The molecule has 1 fully saturated rings. The quantitative estimate of drug-likeness (QED) is 0.176. The smallest absolute Gasteiger partial charge is 0.273 e. The van der Waals surface area contributed by atoms with Crippen LogP contribution in [0.25, 0.3) is 5.69 Å². The van der Waals surface area contributed by atoms with Gasteiger partial charge in [-0.25, -0.2) is 4.98 Å². The first-order chi connectivity index (χ1) is 20.0. The molecular weight excluding hydrogens is 595 g/mol. The van der Waals surface area contributed by atoms with E-state index in [-0.39, 0.29) is 5.91 Å². The van der Waals surface area contributed by atoms with Gasteiger partial charge in [0.1, 0.15) is 16.5 Å². The summed E-state index contributed by atoms with van der Waals surface area (Å²) < 4.78 is 2.04. The highest BCUT2D eigenvalue weighted by molar-refractivity contribution is 7.98. The van der Waals surface area contributed by atoms with Crippen LogP contribution in [0.4, 0.5) is 5.69 Å². The van der Waals surface area contributed by atoms with E-state index in [9.17, 15) is 4.79 Å². The first-order valence-corrected chi connectivity index (χ1v) is 15.8. The molecule has 0 atom stereocenters. The minimum Gasteiger partial charge on any atom is -0.368 e. The fourth-order valence-corrected chi connectivity index (χ4v) is 6.89. The number of carbonyl (C=O) groups is 1. The Bertz CT molecular complexity index is 1650. The van der Waals surface area contributed by atoms with Crippen LogP contribution in [0.1, 0.15) is 26.9 Å². The molecule has 0 spiro atoms. The summed E-state index contributed by atoms with van der Waals surface area (Å²) in [6.45, 7) is 2.78. The average molecular weight is 622 g/mol. The minimum absolute atomic E-state index is 0.0320. The van der Waals surface area contributed by atoms with Gasteiger partial charge in [0, 0.05) is 53.7 Å². The monoisotopic (exact) mass is 620 g/mol. The van der Waals surface area contributed by atoms with E-state index in [0.717, 1.165) is 46.0 Å². The van der Waals surface area contributed by atoms with Crippen molar-refractivity contribution in [2.24, 2.45) is 0 Å². The Morgan fingerprint density at radius 2 is 1.56 bits per heavy atom. The molecule has 1 aliphatic heterocycles. The number of hydrogen-bond acceptors (Lipinski definition) is 7. The standard InChI is InChI=1S/C30H26Cl2N6OS2/c31-22-8-4-10-24(17-22)36-12-14-37(15-13-36)29(39)26-19-40-28(33-26)20-41-30-35-34-27(16-21-6-2-1-3-7-21)38(30)25-11-5-9-23(32)18-25/h1-11,17-19H,12-16,20H2. The van der Waals surface area contributed by atoms with Crippen LogP contribution >= 0.6 is 46.3 Å². The predicted molar refractivity (Wildman–Crippen MR) is 167 cm³/mol. The number of amides is 1. The molecule has 0 bridgehead atoms. The van der Waals surface area contributed by atoms with Gasteiger partial charge in [-0.1, -0.05) is 77.4 Å². The number of thioether (sulfide) groups is 1. The third kappa shape index (κ3) is 6.59. The normalized spacial score (nSPS) is 13.5. The largest absolute Gasteiger partial charge is 0.368 e. The molecule has 3 heterocycles. The van der Waals surface area contributed by atoms with Gasteiger partial charge in [-0.15, -0.1) is 21.5 Å². The van der Waals surface area contributed by atoms with Crippen LogP contribution in [0.2, 0.25) is 10.0 Å². The zero-order valence-corrected chi connectivity index (χ0v) is 25.1. The van der Waals surface area contributed by atoms with Crippen molar-refractivity contribution in [2.45, 2.75) is 17.3 Å². The van der Waals surface area contributed by atoms with Gasteiger partial charge in [0.25, 0.3) is 5.91 Å². The Morgan fingerprint density at radius 3 is 2.29 bits per heavy atom. The molecule has 0 unspecified atom stereocenters. The van der Waals surface area contributed by atoms with Crippen LogP contribution in [-0.2, 0) is 12.2 Å². The van der Waals surface area contributed by atoms with Crippen molar-refractivity contribution in [1.29, 1.82) is 0 Å². The Balaban J connectivity index is 1.13. The van der Waals surface area contributed by atoms with Gasteiger partial charge in [-0.05, 0) is 42.0 Å². The highest BCUT2D eigenvalue weighted by Gasteiger charge is 2.24. The molecule has 0 radical (unpaired) electrons. The molecule has 1 saturated heterocycles. The van der Waals surface area contributed by atoms with Crippen LogP contribution in [0.15, 0.2) is 89.4 Å². The molecule has 0 N–H and O–H groups in total. The Morgan fingerprint density at radius 1 is 0.854 bits per heavy atom. The van der Waals surface area contributed by atoms with Crippen LogP contribution in [0.5, 0.6) is 0 Å². The zero-order chi connectivity index (χ0) is 28.2. The van der Waals surface area contributed by atoms with Gasteiger partial charge in [0.2, 0.25) is 0 Å². The average Bonchev–Trinajstić information content (AvgIpc) is 3.63. The third-order valence-electron chi connectivity index (χ3n) is 6.81. The molecular formula is C30H26Cl2N6OS2. The maximum atomic E-state index is 13.2. The van der Waals surface area contributed by atoms with Crippen molar-refractivity contribution in [1.82, 2.24) is 24.6 Å². The second kappa shape index (κ2) is 12.7. The van der Waals surface area contributed by atoms with E-state index in [1.165, 1.54) is 11.3 Å². The van der Waals surface area contributed by atoms with Crippen molar-refractivity contribution < 1.29 is 4.79 Å². The summed E-state index contributed by atoms with van der Waals surface area (Å²) in [6, 6.07) is 25.7. The summed E-state index contributed by atoms with van der Waals surface area (Å²) in [5, 5.41) is 13.8. The van der Waals surface area contributed by atoms with E-state index in [0.29, 0.717) is 41.0 Å². The van der Waals surface area contributed by atoms with Crippen molar-refractivity contribution in [2.75, 3.05) is 31.1 Å². The molecule has 208 valence electrons. The molecule has 7 nitrogen and oxygen atoms in total. The summed E-state index contributed by atoms with van der Waals surface area (Å²) in [6.07, 6.45) is 0.640. The number of hydrogen-bond donors (Lipinski definition) is 0. The maximum Gasteiger partial charge on any atom is 0.273 e. The first-order valence-electron chi connectivity index (χ1n) is 13.1. The maximum absolute atomic E-state index is 13.2. The lowest BCUT2D eigenvalue weighted by Gasteiger charge is -2.35. The number of carbonyl (C=O) groups excluding carboxylic acids is 1. The molecule has 2 aromatic heterocycles. The number of aromatic nitrogens is 4. The van der Waals surface area contributed by atoms with E-state index < -0.39 is 0 Å². The summed E-state index contributed by atoms with van der Waals surface area (Å²) in [5.74, 6) is 1.37. The van der Waals surface area contributed by atoms with Crippen LogP contribution in [0, 0.1) is 0 Å². The number of anilines is 1. The van der Waals surface area contributed by atoms with Crippen LogP contribution in [0.3, 0.4) is 0 Å². The fraction of sp³-hybridized carbons (Fsp3) is 0.200. The Hall–Kier alpha value is -3.37. The molecule has 11 heteroatoms. The fourth-order valence-electron chi connectivity index (χ4n) is 4.77. The zero-order valence-electron chi connectivity index (χ0n) is 22.0. The first kappa shape index (κ1) is 27.8. The van der Waals surface area contributed by atoms with Gasteiger partial charge in [-0.3, -0.25) is 9.36 Å². The molecule has 41 heavy (non-hydrogen) atoms. The van der Waals surface area contributed by atoms with Crippen molar-refractivity contribution in [3.63, 3.8) is 0 Å².